The molecule has 2 rings (SSSR count). The molecule has 2 heterocycles. The average molecular weight is 304 g/mol. The van der Waals surface area contributed by atoms with Crippen LogP contribution in [0.2, 0.25) is 0 Å². The molecule has 122 valence electrons. The van der Waals surface area contributed by atoms with Crippen molar-refractivity contribution < 1.29 is 4.79 Å². The number of amides is 1. The summed E-state index contributed by atoms with van der Waals surface area (Å²) in [5.74, 6) is 2.64. The van der Waals surface area contributed by atoms with E-state index < -0.39 is 0 Å². The summed E-state index contributed by atoms with van der Waals surface area (Å²) in [4.78, 5) is 25.1. The number of carbonyl (C=O) groups is 1. The molecule has 5 nitrogen and oxygen atoms in total. The minimum Gasteiger partial charge on any atom is -0.356 e. The summed E-state index contributed by atoms with van der Waals surface area (Å²) in [5, 5.41) is 0. The Bertz CT molecular complexity index is 516. The lowest BCUT2D eigenvalue weighted by molar-refractivity contribution is -0.138. The predicted molar refractivity (Wildman–Crippen MR) is 88.8 cm³/mol. The second-order valence-electron chi connectivity index (χ2n) is 7.33. The molecule has 0 radical (unpaired) electrons. The lowest BCUT2D eigenvalue weighted by Crippen LogP contribution is -2.43. The number of nitrogens with zero attached hydrogens (tertiary/aromatic N) is 4. The first-order chi connectivity index (χ1) is 10.3. The van der Waals surface area contributed by atoms with E-state index in [0.29, 0.717) is 5.92 Å². The Balaban J connectivity index is 1.86. The molecule has 0 atom stereocenters. The molecule has 1 aliphatic heterocycles. The first kappa shape index (κ1) is 16.7. The standard InChI is InChI=1S/C17H28N4O/c1-13-18-9-6-15(19-13)21-10-7-14(8-11-21)12-20(5)16(22)17(2,3)4/h6,9,14H,7-8,10-12H2,1-5H3. The van der Waals surface area contributed by atoms with Crippen LogP contribution in [0.25, 0.3) is 0 Å². The molecule has 1 saturated heterocycles. The fraction of sp³-hybridized carbons (Fsp3) is 0.706. The maximum absolute atomic E-state index is 12.3. The van der Waals surface area contributed by atoms with Crippen LogP contribution in [0.3, 0.4) is 0 Å². The van der Waals surface area contributed by atoms with Crippen LogP contribution in [0, 0.1) is 18.3 Å². The zero-order valence-electron chi connectivity index (χ0n) is 14.5. The molecule has 0 aromatic carbocycles. The highest BCUT2D eigenvalue weighted by atomic mass is 16.2. The predicted octanol–water partition coefficient (Wildman–Crippen LogP) is 2.51. The lowest BCUT2D eigenvalue weighted by atomic mass is 9.92. The number of aryl methyl sites for hydroxylation is 1. The quantitative estimate of drug-likeness (QED) is 0.861. The molecular formula is C17H28N4O. The van der Waals surface area contributed by atoms with Crippen LogP contribution >= 0.6 is 0 Å². The number of anilines is 1. The van der Waals surface area contributed by atoms with Gasteiger partial charge in [-0.25, -0.2) is 9.97 Å². The van der Waals surface area contributed by atoms with Crippen molar-refractivity contribution in [2.45, 2.75) is 40.5 Å². The number of rotatable bonds is 3. The number of carbonyl (C=O) groups excluding carboxylic acids is 1. The largest absolute Gasteiger partial charge is 0.356 e. The van der Waals surface area contributed by atoms with Crippen LogP contribution in [0.15, 0.2) is 12.3 Å². The molecule has 0 bridgehead atoms. The maximum Gasteiger partial charge on any atom is 0.227 e. The lowest BCUT2D eigenvalue weighted by Gasteiger charge is -2.35. The van der Waals surface area contributed by atoms with Gasteiger partial charge >= 0.3 is 0 Å². The number of piperidine rings is 1. The molecule has 1 amide bonds. The maximum atomic E-state index is 12.3. The van der Waals surface area contributed by atoms with Crippen molar-refractivity contribution in [3.63, 3.8) is 0 Å². The number of hydrogen-bond acceptors (Lipinski definition) is 4. The van der Waals surface area contributed by atoms with E-state index in [9.17, 15) is 4.79 Å². The highest BCUT2D eigenvalue weighted by Crippen LogP contribution is 2.24. The number of hydrogen-bond donors (Lipinski definition) is 0. The summed E-state index contributed by atoms with van der Waals surface area (Å²) in [6.45, 7) is 10.7. The van der Waals surface area contributed by atoms with Gasteiger partial charge in [0.1, 0.15) is 11.6 Å². The van der Waals surface area contributed by atoms with E-state index in [4.69, 9.17) is 0 Å². The third-order valence-corrected chi connectivity index (χ3v) is 4.22. The zero-order chi connectivity index (χ0) is 16.3. The molecule has 0 unspecified atom stereocenters. The van der Waals surface area contributed by atoms with E-state index in [1.165, 1.54) is 0 Å². The Labute approximate surface area is 133 Å². The molecular weight excluding hydrogens is 276 g/mol. The molecule has 5 heteroatoms. The van der Waals surface area contributed by atoms with Crippen LogP contribution in [0.4, 0.5) is 5.82 Å². The van der Waals surface area contributed by atoms with Gasteiger partial charge in [-0.1, -0.05) is 20.8 Å². The topological polar surface area (TPSA) is 49.3 Å². The first-order valence-electron chi connectivity index (χ1n) is 8.07. The summed E-state index contributed by atoms with van der Waals surface area (Å²) in [6.07, 6.45) is 4.02. The molecule has 0 spiro atoms. The van der Waals surface area contributed by atoms with Crippen molar-refractivity contribution in [1.82, 2.24) is 14.9 Å². The van der Waals surface area contributed by atoms with E-state index in [1.54, 1.807) is 0 Å². The van der Waals surface area contributed by atoms with Crippen LogP contribution in [-0.2, 0) is 4.79 Å². The Hall–Kier alpha value is -1.65. The van der Waals surface area contributed by atoms with Gasteiger partial charge in [0.25, 0.3) is 0 Å². The molecule has 0 N–H and O–H groups in total. The normalized spacial score (nSPS) is 16.7. The van der Waals surface area contributed by atoms with Gasteiger partial charge in [0.05, 0.1) is 0 Å². The van der Waals surface area contributed by atoms with Crippen LogP contribution in [0.1, 0.15) is 39.4 Å². The van der Waals surface area contributed by atoms with Gasteiger partial charge in [0.15, 0.2) is 0 Å². The Kier molecular flexibility index (Phi) is 5.04. The minimum atomic E-state index is -0.298. The molecule has 22 heavy (non-hydrogen) atoms. The second-order valence-corrected chi connectivity index (χ2v) is 7.33. The van der Waals surface area contributed by atoms with Crippen LogP contribution < -0.4 is 4.90 Å². The molecule has 1 aliphatic rings. The van der Waals surface area contributed by atoms with Crippen molar-refractivity contribution in [3.05, 3.63) is 18.1 Å². The molecule has 1 aromatic rings. The van der Waals surface area contributed by atoms with Gasteiger partial charge in [-0.05, 0) is 31.7 Å². The molecule has 0 aliphatic carbocycles. The highest BCUT2D eigenvalue weighted by Gasteiger charge is 2.28. The van der Waals surface area contributed by atoms with E-state index in [2.05, 4.69) is 14.9 Å². The SMILES string of the molecule is Cc1nccc(N2CCC(CN(C)C(=O)C(C)(C)C)CC2)n1. The summed E-state index contributed by atoms with van der Waals surface area (Å²) < 4.78 is 0. The van der Waals surface area contributed by atoms with E-state index in [0.717, 1.165) is 44.1 Å². The molecule has 1 fully saturated rings. The summed E-state index contributed by atoms with van der Waals surface area (Å²) in [7, 11) is 1.92. The fourth-order valence-corrected chi connectivity index (χ4v) is 3.01. The Morgan fingerprint density at radius 2 is 2.00 bits per heavy atom. The summed E-state index contributed by atoms with van der Waals surface area (Å²) in [5.41, 5.74) is -0.298. The minimum absolute atomic E-state index is 0.223. The first-order valence-corrected chi connectivity index (χ1v) is 8.07. The molecule has 1 aromatic heterocycles. The Morgan fingerprint density at radius 1 is 1.36 bits per heavy atom. The van der Waals surface area contributed by atoms with Crippen LogP contribution in [-0.4, -0.2) is 47.5 Å². The molecule has 0 saturated carbocycles. The van der Waals surface area contributed by atoms with E-state index in [1.807, 2.05) is 51.9 Å². The smallest absolute Gasteiger partial charge is 0.227 e. The van der Waals surface area contributed by atoms with Crippen molar-refractivity contribution in [1.29, 1.82) is 0 Å². The third-order valence-electron chi connectivity index (χ3n) is 4.22. The van der Waals surface area contributed by atoms with E-state index >= 15 is 0 Å². The average Bonchev–Trinajstić information content (AvgIpc) is 2.46. The number of aromatic nitrogens is 2. The van der Waals surface area contributed by atoms with Gasteiger partial charge in [0, 0.05) is 38.3 Å². The third kappa shape index (κ3) is 4.18. The summed E-state index contributed by atoms with van der Waals surface area (Å²) in [6, 6.07) is 1.97. The van der Waals surface area contributed by atoms with Gasteiger partial charge in [-0.3, -0.25) is 4.79 Å². The van der Waals surface area contributed by atoms with Crippen molar-refractivity contribution in [2.75, 3.05) is 31.6 Å². The van der Waals surface area contributed by atoms with E-state index in [-0.39, 0.29) is 11.3 Å². The van der Waals surface area contributed by atoms with Crippen LogP contribution in [0.5, 0.6) is 0 Å². The fourth-order valence-electron chi connectivity index (χ4n) is 3.01. The Morgan fingerprint density at radius 3 is 2.55 bits per heavy atom. The zero-order valence-corrected chi connectivity index (χ0v) is 14.5. The van der Waals surface area contributed by atoms with Crippen molar-refractivity contribution in [2.24, 2.45) is 11.3 Å². The van der Waals surface area contributed by atoms with Crippen molar-refractivity contribution >= 4 is 11.7 Å². The highest BCUT2D eigenvalue weighted by molar-refractivity contribution is 5.81. The second kappa shape index (κ2) is 6.63. The van der Waals surface area contributed by atoms with Gasteiger partial charge in [0.2, 0.25) is 5.91 Å². The summed E-state index contributed by atoms with van der Waals surface area (Å²) >= 11 is 0. The van der Waals surface area contributed by atoms with Gasteiger partial charge in [-0.2, -0.15) is 0 Å². The monoisotopic (exact) mass is 304 g/mol. The van der Waals surface area contributed by atoms with Gasteiger partial charge < -0.3 is 9.80 Å². The van der Waals surface area contributed by atoms with Gasteiger partial charge in [-0.15, -0.1) is 0 Å². The van der Waals surface area contributed by atoms with Crippen molar-refractivity contribution in [3.8, 4) is 0 Å².